The molecule has 1 aromatic rings. The Hall–Kier alpha value is -1.36. The van der Waals surface area contributed by atoms with Crippen molar-refractivity contribution in [2.45, 2.75) is 26.4 Å². The number of hydrogen-bond acceptors (Lipinski definition) is 5. The molecule has 2 atom stereocenters. The first kappa shape index (κ1) is 12.1. The van der Waals surface area contributed by atoms with Gasteiger partial charge < -0.3 is 15.4 Å². The Kier molecular flexibility index (Phi) is 3.47. The predicted octanol–water partition coefficient (Wildman–Crippen LogP) is 1.23. The molecule has 1 aliphatic heterocycles. The molecule has 1 aromatic heterocycles. The zero-order chi connectivity index (χ0) is 12.4. The molecule has 94 valence electrons. The number of ether oxygens (including phenoxy) is 1. The molecule has 5 heteroatoms. The lowest BCUT2D eigenvalue weighted by atomic mass is 9.96. The summed E-state index contributed by atoms with van der Waals surface area (Å²) >= 11 is 0. The molecule has 2 unspecified atom stereocenters. The Bertz CT molecular complexity index is 376. The summed E-state index contributed by atoms with van der Waals surface area (Å²) in [6.07, 6.45) is 1.38. The third-order valence-electron chi connectivity index (χ3n) is 3.37. The molecule has 0 aromatic carbocycles. The minimum atomic E-state index is 0.264. The van der Waals surface area contributed by atoms with Crippen molar-refractivity contribution >= 4 is 11.8 Å². The molecule has 1 aliphatic rings. The van der Waals surface area contributed by atoms with Gasteiger partial charge in [0.15, 0.2) is 0 Å². The highest BCUT2D eigenvalue weighted by Crippen LogP contribution is 2.24. The SMILES string of the molecule is COC1CN(c2cc(C)nc(N)n2)CCC1C. The van der Waals surface area contributed by atoms with Crippen molar-refractivity contribution in [2.24, 2.45) is 5.92 Å². The van der Waals surface area contributed by atoms with Crippen LogP contribution in [0.15, 0.2) is 6.07 Å². The first-order valence-electron chi connectivity index (χ1n) is 5.99. The fourth-order valence-corrected chi connectivity index (χ4v) is 2.29. The summed E-state index contributed by atoms with van der Waals surface area (Å²) in [5.41, 5.74) is 6.58. The molecule has 0 aliphatic carbocycles. The van der Waals surface area contributed by atoms with Crippen LogP contribution in [0.4, 0.5) is 11.8 Å². The van der Waals surface area contributed by atoms with Gasteiger partial charge in [-0.2, -0.15) is 4.98 Å². The molecule has 0 amide bonds. The van der Waals surface area contributed by atoms with E-state index < -0.39 is 0 Å². The molecular weight excluding hydrogens is 216 g/mol. The van der Waals surface area contributed by atoms with Gasteiger partial charge in [0, 0.05) is 32.0 Å². The van der Waals surface area contributed by atoms with Crippen molar-refractivity contribution in [3.8, 4) is 0 Å². The Labute approximate surface area is 102 Å². The summed E-state index contributed by atoms with van der Waals surface area (Å²) in [6.45, 7) is 6.03. The monoisotopic (exact) mass is 236 g/mol. The second kappa shape index (κ2) is 4.87. The molecule has 0 radical (unpaired) electrons. The average Bonchev–Trinajstić information content (AvgIpc) is 2.28. The van der Waals surface area contributed by atoms with Crippen molar-refractivity contribution in [2.75, 3.05) is 30.8 Å². The molecule has 1 saturated heterocycles. The number of nitrogen functional groups attached to an aromatic ring is 1. The highest BCUT2D eigenvalue weighted by atomic mass is 16.5. The minimum Gasteiger partial charge on any atom is -0.379 e. The summed E-state index contributed by atoms with van der Waals surface area (Å²) in [6, 6.07) is 1.97. The van der Waals surface area contributed by atoms with E-state index in [0.29, 0.717) is 11.9 Å². The van der Waals surface area contributed by atoms with E-state index in [4.69, 9.17) is 10.5 Å². The number of nitrogens with zero attached hydrogens (tertiary/aromatic N) is 3. The van der Waals surface area contributed by atoms with Crippen molar-refractivity contribution < 1.29 is 4.74 Å². The van der Waals surface area contributed by atoms with Gasteiger partial charge in [0.05, 0.1) is 6.10 Å². The van der Waals surface area contributed by atoms with E-state index in [2.05, 4.69) is 21.8 Å². The summed E-state index contributed by atoms with van der Waals surface area (Å²) in [4.78, 5) is 10.6. The van der Waals surface area contributed by atoms with Gasteiger partial charge in [-0.1, -0.05) is 6.92 Å². The highest BCUT2D eigenvalue weighted by Gasteiger charge is 2.26. The summed E-state index contributed by atoms with van der Waals surface area (Å²) in [7, 11) is 1.77. The van der Waals surface area contributed by atoms with Gasteiger partial charge in [0.2, 0.25) is 5.95 Å². The van der Waals surface area contributed by atoms with Crippen LogP contribution in [0.5, 0.6) is 0 Å². The topological polar surface area (TPSA) is 64.3 Å². The molecule has 5 nitrogen and oxygen atoms in total. The molecule has 2 heterocycles. The van der Waals surface area contributed by atoms with Crippen molar-refractivity contribution in [1.29, 1.82) is 0 Å². The quantitative estimate of drug-likeness (QED) is 0.836. The smallest absolute Gasteiger partial charge is 0.222 e. The first-order chi connectivity index (χ1) is 8.10. The lowest BCUT2D eigenvalue weighted by molar-refractivity contribution is 0.0496. The number of hydrogen-bond donors (Lipinski definition) is 1. The maximum absolute atomic E-state index is 5.68. The fraction of sp³-hybridized carbons (Fsp3) is 0.667. The molecule has 0 bridgehead atoms. The summed E-state index contributed by atoms with van der Waals surface area (Å²) in [5, 5.41) is 0. The van der Waals surface area contributed by atoms with Crippen molar-refractivity contribution in [3.05, 3.63) is 11.8 Å². The van der Waals surface area contributed by atoms with Crippen LogP contribution in [0, 0.1) is 12.8 Å². The number of piperidine rings is 1. The Morgan fingerprint density at radius 1 is 1.47 bits per heavy atom. The molecule has 1 fully saturated rings. The first-order valence-corrected chi connectivity index (χ1v) is 5.99. The zero-order valence-electron chi connectivity index (χ0n) is 10.7. The fourth-order valence-electron chi connectivity index (χ4n) is 2.29. The van der Waals surface area contributed by atoms with Crippen LogP contribution in [0.3, 0.4) is 0 Å². The van der Waals surface area contributed by atoms with Gasteiger partial charge in [-0.3, -0.25) is 0 Å². The third kappa shape index (κ3) is 2.66. The number of anilines is 2. The van der Waals surface area contributed by atoms with Crippen molar-refractivity contribution in [3.63, 3.8) is 0 Å². The van der Waals surface area contributed by atoms with Crippen LogP contribution in [0.25, 0.3) is 0 Å². The maximum Gasteiger partial charge on any atom is 0.222 e. The highest BCUT2D eigenvalue weighted by molar-refractivity contribution is 5.43. The van der Waals surface area contributed by atoms with E-state index in [9.17, 15) is 0 Å². The van der Waals surface area contributed by atoms with E-state index in [1.165, 1.54) is 0 Å². The number of aryl methyl sites for hydroxylation is 1. The van der Waals surface area contributed by atoms with Crippen LogP contribution < -0.4 is 10.6 Å². The lowest BCUT2D eigenvalue weighted by Crippen LogP contribution is -2.44. The van der Waals surface area contributed by atoms with E-state index in [-0.39, 0.29) is 6.10 Å². The van der Waals surface area contributed by atoms with Gasteiger partial charge in [0.1, 0.15) is 5.82 Å². The van der Waals surface area contributed by atoms with Gasteiger partial charge in [-0.25, -0.2) is 4.98 Å². The number of nitrogens with two attached hydrogens (primary N) is 1. The second-order valence-electron chi connectivity index (χ2n) is 4.71. The average molecular weight is 236 g/mol. The molecule has 0 spiro atoms. The van der Waals surface area contributed by atoms with Gasteiger partial charge in [0.25, 0.3) is 0 Å². The second-order valence-corrected chi connectivity index (χ2v) is 4.71. The van der Waals surface area contributed by atoms with Gasteiger partial charge in [-0.05, 0) is 19.3 Å². The van der Waals surface area contributed by atoms with Gasteiger partial charge in [-0.15, -0.1) is 0 Å². The normalized spacial score (nSPS) is 25.0. The van der Waals surface area contributed by atoms with Crippen LogP contribution in [-0.4, -0.2) is 36.3 Å². The van der Waals surface area contributed by atoms with Crippen LogP contribution in [0.1, 0.15) is 19.0 Å². The summed E-state index contributed by atoms with van der Waals surface area (Å²) in [5.74, 6) is 1.84. The number of methoxy groups -OCH3 is 1. The Balaban J connectivity index is 2.17. The molecule has 17 heavy (non-hydrogen) atoms. The lowest BCUT2D eigenvalue weighted by Gasteiger charge is -2.36. The molecule has 2 rings (SSSR count). The third-order valence-corrected chi connectivity index (χ3v) is 3.37. The van der Waals surface area contributed by atoms with E-state index >= 15 is 0 Å². The largest absolute Gasteiger partial charge is 0.379 e. The standard InChI is InChI=1S/C12H20N4O/c1-8-4-5-16(7-10(8)17-3)11-6-9(2)14-12(13)15-11/h6,8,10H,4-5,7H2,1-3H3,(H2,13,14,15). The Morgan fingerprint density at radius 2 is 2.24 bits per heavy atom. The van der Waals surface area contributed by atoms with Gasteiger partial charge >= 0.3 is 0 Å². The van der Waals surface area contributed by atoms with Crippen molar-refractivity contribution in [1.82, 2.24) is 9.97 Å². The van der Waals surface area contributed by atoms with Crippen LogP contribution in [0.2, 0.25) is 0 Å². The Morgan fingerprint density at radius 3 is 2.88 bits per heavy atom. The summed E-state index contributed by atoms with van der Waals surface area (Å²) < 4.78 is 5.50. The zero-order valence-corrected chi connectivity index (χ0v) is 10.7. The van der Waals surface area contributed by atoms with E-state index in [0.717, 1.165) is 31.0 Å². The maximum atomic E-state index is 5.68. The predicted molar refractivity (Wildman–Crippen MR) is 68.0 cm³/mol. The van der Waals surface area contributed by atoms with Crippen LogP contribution in [-0.2, 0) is 4.74 Å². The van der Waals surface area contributed by atoms with Crippen LogP contribution >= 0.6 is 0 Å². The molecular formula is C12H20N4O. The van der Waals surface area contributed by atoms with E-state index in [1.54, 1.807) is 7.11 Å². The van der Waals surface area contributed by atoms with E-state index in [1.807, 2.05) is 13.0 Å². The minimum absolute atomic E-state index is 0.264. The molecule has 2 N–H and O–H groups in total. The number of rotatable bonds is 2. The molecule has 0 saturated carbocycles. The number of aromatic nitrogens is 2.